The van der Waals surface area contributed by atoms with Crippen molar-refractivity contribution in [2.24, 2.45) is 5.73 Å². The quantitative estimate of drug-likeness (QED) is 0.513. The van der Waals surface area contributed by atoms with Crippen molar-refractivity contribution in [3.8, 4) is 5.75 Å². The smallest absolute Gasteiger partial charge is 0.428 e. The number of nitrogens with one attached hydrogen (secondary N) is 1. The second-order valence-electron chi connectivity index (χ2n) is 6.26. The third-order valence-electron chi connectivity index (χ3n) is 3.30. The summed E-state index contributed by atoms with van der Waals surface area (Å²) in [7, 11) is 0. The molecular weight excluding hydrogens is 404 g/mol. The highest BCUT2D eigenvalue weighted by molar-refractivity contribution is 5.92. The fourth-order valence-electron chi connectivity index (χ4n) is 1.96. The molecule has 0 aliphatic rings. The molecule has 0 saturated heterocycles. The van der Waals surface area contributed by atoms with E-state index in [0.29, 0.717) is 11.1 Å². The number of hydrogen-bond donors (Lipinski definition) is 2. The predicted octanol–water partition coefficient (Wildman–Crippen LogP) is 4.25. The van der Waals surface area contributed by atoms with E-state index in [2.05, 4.69) is 10.1 Å². The Kier molecular flexibility index (Phi) is 9.54. The SMILES string of the molecule is CC(C)NC(=O)C=Cc1ccc(OC(F)(F)C(F)F)cc1.NC(=O)c1ccccc1. The zero-order chi connectivity index (χ0) is 22.7. The summed E-state index contributed by atoms with van der Waals surface area (Å²) in [5, 5.41) is 2.63. The average Bonchev–Trinajstić information content (AvgIpc) is 2.68. The van der Waals surface area contributed by atoms with Crippen LogP contribution in [0.5, 0.6) is 5.75 Å². The van der Waals surface area contributed by atoms with Gasteiger partial charge >= 0.3 is 12.5 Å². The minimum atomic E-state index is -4.53. The number of rotatable bonds is 7. The predicted molar refractivity (Wildman–Crippen MR) is 105 cm³/mol. The van der Waals surface area contributed by atoms with Crippen LogP contribution in [0, 0.1) is 0 Å². The van der Waals surface area contributed by atoms with Gasteiger partial charge in [-0.2, -0.15) is 17.6 Å². The van der Waals surface area contributed by atoms with E-state index in [-0.39, 0.29) is 23.6 Å². The summed E-state index contributed by atoms with van der Waals surface area (Å²) in [6.07, 6.45) is -5.69. The number of carbonyl (C=O) groups excluding carboxylic acids is 2. The second-order valence-corrected chi connectivity index (χ2v) is 6.26. The number of primary amides is 1. The molecule has 0 radical (unpaired) electrons. The van der Waals surface area contributed by atoms with Gasteiger partial charge in [0.15, 0.2) is 0 Å². The summed E-state index contributed by atoms with van der Waals surface area (Å²) in [5.41, 5.74) is 6.07. The average molecular weight is 426 g/mol. The Morgan fingerprint density at radius 3 is 2.03 bits per heavy atom. The molecule has 162 valence electrons. The van der Waals surface area contributed by atoms with Crippen LogP contribution in [0.25, 0.3) is 6.08 Å². The van der Waals surface area contributed by atoms with E-state index in [1.54, 1.807) is 38.1 Å². The van der Waals surface area contributed by atoms with Crippen LogP contribution in [-0.2, 0) is 4.79 Å². The Bertz CT molecular complexity index is 839. The standard InChI is InChI=1S/C14H15F4NO2.C7H7NO/c1-9(2)19-12(20)8-5-10-3-6-11(7-4-10)21-14(17,18)13(15)16;8-7(9)6-4-2-1-3-5-6/h3-9,13H,1-2H3,(H,19,20);1-5H,(H2,8,9). The number of ether oxygens (including phenoxy) is 1. The van der Waals surface area contributed by atoms with Crippen molar-refractivity contribution in [2.45, 2.75) is 32.4 Å². The number of alkyl halides is 4. The van der Waals surface area contributed by atoms with Crippen LogP contribution in [0.2, 0.25) is 0 Å². The summed E-state index contributed by atoms with van der Waals surface area (Å²) in [6.45, 7) is 3.61. The molecule has 3 N–H and O–H groups in total. The first-order valence-electron chi connectivity index (χ1n) is 8.79. The zero-order valence-electron chi connectivity index (χ0n) is 16.3. The van der Waals surface area contributed by atoms with E-state index < -0.39 is 12.5 Å². The number of halogens is 4. The molecule has 0 aliphatic carbocycles. The van der Waals surface area contributed by atoms with Crippen molar-refractivity contribution in [1.29, 1.82) is 0 Å². The van der Waals surface area contributed by atoms with Gasteiger partial charge in [-0.25, -0.2) is 0 Å². The third-order valence-corrected chi connectivity index (χ3v) is 3.30. The van der Waals surface area contributed by atoms with Crippen LogP contribution in [0.1, 0.15) is 29.8 Å². The normalized spacial score (nSPS) is 11.2. The van der Waals surface area contributed by atoms with Crippen molar-refractivity contribution in [1.82, 2.24) is 5.32 Å². The summed E-state index contributed by atoms with van der Waals surface area (Å²) >= 11 is 0. The molecule has 2 amide bonds. The Hall–Kier alpha value is -3.36. The molecule has 5 nitrogen and oxygen atoms in total. The van der Waals surface area contributed by atoms with Gasteiger partial charge in [-0.3, -0.25) is 9.59 Å². The van der Waals surface area contributed by atoms with Crippen LogP contribution in [0.4, 0.5) is 17.6 Å². The molecule has 2 aromatic carbocycles. The van der Waals surface area contributed by atoms with E-state index in [1.807, 2.05) is 6.07 Å². The van der Waals surface area contributed by atoms with Crippen molar-refractivity contribution < 1.29 is 31.9 Å². The Morgan fingerprint density at radius 2 is 1.60 bits per heavy atom. The second kappa shape index (κ2) is 11.6. The molecule has 30 heavy (non-hydrogen) atoms. The lowest BCUT2D eigenvalue weighted by atomic mass is 10.2. The Balaban J connectivity index is 0.000000414. The number of nitrogens with two attached hydrogens (primary N) is 1. The van der Waals surface area contributed by atoms with Gasteiger partial charge in [0.05, 0.1) is 0 Å². The minimum Gasteiger partial charge on any atom is -0.428 e. The van der Waals surface area contributed by atoms with Gasteiger partial charge in [0, 0.05) is 17.7 Å². The van der Waals surface area contributed by atoms with E-state index in [9.17, 15) is 27.2 Å². The fourth-order valence-corrected chi connectivity index (χ4v) is 1.96. The molecule has 0 bridgehead atoms. The molecule has 9 heteroatoms. The molecule has 0 unspecified atom stereocenters. The van der Waals surface area contributed by atoms with Crippen molar-refractivity contribution in [2.75, 3.05) is 0 Å². The lowest BCUT2D eigenvalue weighted by Gasteiger charge is -2.16. The zero-order valence-corrected chi connectivity index (χ0v) is 16.3. The molecule has 2 aromatic rings. The van der Waals surface area contributed by atoms with E-state index in [0.717, 1.165) is 12.1 Å². The molecule has 0 saturated carbocycles. The van der Waals surface area contributed by atoms with Crippen molar-refractivity contribution in [3.05, 3.63) is 71.8 Å². The first kappa shape index (κ1) is 24.7. The van der Waals surface area contributed by atoms with Crippen molar-refractivity contribution in [3.63, 3.8) is 0 Å². The van der Waals surface area contributed by atoms with Gasteiger partial charge < -0.3 is 15.8 Å². The van der Waals surface area contributed by atoms with Gasteiger partial charge in [-0.1, -0.05) is 30.3 Å². The maximum Gasteiger partial charge on any atom is 0.461 e. The van der Waals surface area contributed by atoms with Gasteiger partial charge in [0.25, 0.3) is 0 Å². The maximum absolute atomic E-state index is 12.7. The van der Waals surface area contributed by atoms with E-state index in [1.165, 1.54) is 24.3 Å². The molecular formula is C21H22F4N2O3. The lowest BCUT2D eigenvalue weighted by Crippen LogP contribution is -2.33. The molecule has 0 spiro atoms. The highest BCUT2D eigenvalue weighted by Crippen LogP contribution is 2.27. The molecule has 0 aliphatic heterocycles. The third kappa shape index (κ3) is 9.22. The Morgan fingerprint density at radius 1 is 1.03 bits per heavy atom. The van der Waals surface area contributed by atoms with Crippen LogP contribution >= 0.6 is 0 Å². The van der Waals surface area contributed by atoms with Crippen LogP contribution in [0.3, 0.4) is 0 Å². The molecule has 0 heterocycles. The first-order chi connectivity index (χ1) is 14.0. The molecule has 0 aromatic heterocycles. The summed E-state index contributed by atoms with van der Waals surface area (Å²) in [6, 6.07) is 13.7. The largest absolute Gasteiger partial charge is 0.461 e. The lowest BCUT2D eigenvalue weighted by molar-refractivity contribution is -0.253. The topological polar surface area (TPSA) is 81.4 Å². The minimum absolute atomic E-state index is 0.00509. The summed E-state index contributed by atoms with van der Waals surface area (Å²) < 4.78 is 53.2. The summed E-state index contributed by atoms with van der Waals surface area (Å²) in [5.74, 6) is -1.06. The van der Waals surface area contributed by atoms with E-state index >= 15 is 0 Å². The van der Waals surface area contributed by atoms with Crippen molar-refractivity contribution >= 4 is 17.9 Å². The number of benzene rings is 2. The highest BCUT2D eigenvalue weighted by Gasteiger charge is 2.43. The molecule has 0 fully saturated rings. The maximum atomic E-state index is 12.7. The van der Waals surface area contributed by atoms with Crippen LogP contribution in [0.15, 0.2) is 60.7 Å². The number of carbonyl (C=O) groups is 2. The van der Waals surface area contributed by atoms with Crippen LogP contribution in [-0.4, -0.2) is 30.4 Å². The first-order valence-corrected chi connectivity index (χ1v) is 8.79. The van der Waals surface area contributed by atoms with Gasteiger partial charge in [-0.15, -0.1) is 0 Å². The highest BCUT2D eigenvalue weighted by atomic mass is 19.3. The monoisotopic (exact) mass is 426 g/mol. The molecule has 2 rings (SSSR count). The van der Waals surface area contributed by atoms with E-state index in [4.69, 9.17) is 5.73 Å². The summed E-state index contributed by atoms with van der Waals surface area (Å²) in [4.78, 5) is 21.8. The van der Waals surface area contributed by atoms with Crippen LogP contribution < -0.4 is 15.8 Å². The molecule has 0 atom stereocenters. The Labute approximate surface area is 171 Å². The number of amides is 2. The van der Waals surface area contributed by atoms with Gasteiger partial charge in [0.1, 0.15) is 5.75 Å². The fraction of sp³-hybridized carbons (Fsp3) is 0.238. The van der Waals surface area contributed by atoms with Gasteiger partial charge in [-0.05, 0) is 49.8 Å². The van der Waals surface area contributed by atoms with Gasteiger partial charge in [0.2, 0.25) is 11.8 Å². The number of hydrogen-bond acceptors (Lipinski definition) is 3.